The van der Waals surface area contributed by atoms with Gasteiger partial charge in [-0.3, -0.25) is 10.1 Å². The van der Waals surface area contributed by atoms with Crippen LogP contribution in [0.3, 0.4) is 0 Å². The molecule has 0 aliphatic heterocycles. The molecule has 4 aromatic rings. The minimum Gasteiger partial charge on any atom is -0.392 e. The molecule has 23 heavy (non-hydrogen) atoms. The van der Waals surface area contributed by atoms with E-state index in [1.807, 2.05) is 60.7 Å². The molecule has 0 spiro atoms. The second kappa shape index (κ2) is 5.66. The third kappa shape index (κ3) is 2.39. The number of rotatable bonds is 3. The summed E-state index contributed by atoms with van der Waals surface area (Å²) in [5.41, 5.74) is 5.59. The Balaban J connectivity index is 1.98. The smallest absolute Gasteiger partial charge is 0.102 e. The van der Waals surface area contributed by atoms with Crippen molar-refractivity contribution in [1.29, 1.82) is 0 Å². The van der Waals surface area contributed by atoms with Crippen LogP contribution in [0.15, 0.2) is 66.9 Å². The number of benzene rings is 2. The molecule has 2 heterocycles. The van der Waals surface area contributed by atoms with Crippen LogP contribution in [-0.2, 0) is 6.61 Å². The zero-order valence-electron chi connectivity index (χ0n) is 12.4. The van der Waals surface area contributed by atoms with Gasteiger partial charge in [0.05, 0.1) is 23.2 Å². The van der Waals surface area contributed by atoms with E-state index in [4.69, 9.17) is 0 Å². The molecule has 0 radical (unpaired) electrons. The SMILES string of the molecule is OCc1cccc(-c2nccc3[nH]nc(-c4ccccc4)c23)c1. The Morgan fingerprint density at radius 3 is 2.52 bits per heavy atom. The topological polar surface area (TPSA) is 61.8 Å². The molecule has 4 heteroatoms. The number of aliphatic hydroxyl groups is 1. The molecule has 0 saturated carbocycles. The Kier molecular flexibility index (Phi) is 3.37. The lowest BCUT2D eigenvalue weighted by Crippen LogP contribution is -1.89. The Labute approximate surface area is 133 Å². The molecule has 0 amide bonds. The Hall–Kier alpha value is -2.98. The van der Waals surface area contributed by atoms with Crippen LogP contribution in [0.5, 0.6) is 0 Å². The van der Waals surface area contributed by atoms with Crippen molar-refractivity contribution < 1.29 is 5.11 Å². The number of nitrogens with zero attached hydrogens (tertiary/aromatic N) is 2. The second-order valence-electron chi connectivity index (χ2n) is 5.38. The van der Waals surface area contributed by atoms with Crippen LogP contribution in [0, 0.1) is 0 Å². The van der Waals surface area contributed by atoms with E-state index < -0.39 is 0 Å². The van der Waals surface area contributed by atoms with E-state index in [0.29, 0.717) is 0 Å². The summed E-state index contributed by atoms with van der Waals surface area (Å²) in [6, 6.07) is 19.8. The van der Waals surface area contributed by atoms with E-state index >= 15 is 0 Å². The molecule has 0 fully saturated rings. The fraction of sp³-hybridized carbons (Fsp3) is 0.0526. The zero-order valence-corrected chi connectivity index (χ0v) is 12.4. The number of aromatic amines is 1. The van der Waals surface area contributed by atoms with Gasteiger partial charge >= 0.3 is 0 Å². The molecule has 0 aliphatic carbocycles. The van der Waals surface area contributed by atoms with Crippen molar-refractivity contribution >= 4 is 10.9 Å². The van der Waals surface area contributed by atoms with E-state index in [-0.39, 0.29) is 6.61 Å². The fourth-order valence-corrected chi connectivity index (χ4v) is 2.81. The summed E-state index contributed by atoms with van der Waals surface area (Å²) in [5.74, 6) is 0. The summed E-state index contributed by atoms with van der Waals surface area (Å²) in [5, 5.41) is 17.9. The zero-order chi connectivity index (χ0) is 15.6. The summed E-state index contributed by atoms with van der Waals surface area (Å²) in [7, 11) is 0. The number of aliphatic hydroxyl groups excluding tert-OH is 1. The molecule has 2 N–H and O–H groups in total. The van der Waals surface area contributed by atoms with Crippen molar-refractivity contribution in [3.05, 3.63) is 72.4 Å². The molecule has 4 nitrogen and oxygen atoms in total. The van der Waals surface area contributed by atoms with Crippen LogP contribution in [0.2, 0.25) is 0 Å². The number of nitrogens with one attached hydrogen (secondary N) is 1. The fourth-order valence-electron chi connectivity index (χ4n) is 2.81. The van der Waals surface area contributed by atoms with E-state index in [0.717, 1.165) is 39.0 Å². The molecule has 4 rings (SSSR count). The van der Waals surface area contributed by atoms with E-state index in [9.17, 15) is 5.11 Å². The summed E-state index contributed by atoms with van der Waals surface area (Å²) in [4.78, 5) is 4.57. The van der Waals surface area contributed by atoms with Crippen molar-refractivity contribution in [3.63, 3.8) is 0 Å². The van der Waals surface area contributed by atoms with Crippen LogP contribution < -0.4 is 0 Å². The average Bonchev–Trinajstić information content (AvgIpc) is 3.06. The van der Waals surface area contributed by atoms with Gasteiger partial charge in [0.2, 0.25) is 0 Å². The minimum absolute atomic E-state index is 0.0146. The van der Waals surface area contributed by atoms with E-state index in [1.165, 1.54) is 0 Å². The predicted octanol–water partition coefficient (Wildman–Crippen LogP) is 3.78. The van der Waals surface area contributed by atoms with Crippen LogP contribution in [0.4, 0.5) is 0 Å². The van der Waals surface area contributed by atoms with Crippen LogP contribution in [0.25, 0.3) is 33.4 Å². The number of aromatic nitrogens is 3. The lowest BCUT2D eigenvalue weighted by Gasteiger charge is -2.06. The molecule has 0 atom stereocenters. The number of pyridine rings is 1. The van der Waals surface area contributed by atoms with Gasteiger partial charge in [-0.05, 0) is 17.7 Å². The highest BCUT2D eigenvalue weighted by atomic mass is 16.3. The van der Waals surface area contributed by atoms with Crippen LogP contribution >= 0.6 is 0 Å². The monoisotopic (exact) mass is 301 g/mol. The van der Waals surface area contributed by atoms with E-state index in [1.54, 1.807) is 6.20 Å². The maximum atomic E-state index is 9.38. The summed E-state index contributed by atoms with van der Waals surface area (Å²) in [6.45, 7) is 0.0146. The van der Waals surface area contributed by atoms with Crippen molar-refractivity contribution in [2.45, 2.75) is 6.61 Å². The molecule has 2 aromatic heterocycles. The molecule has 112 valence electrons. The lowest BCUT2D eigenvalue weighted by atomic mass is 10.0. The first-order chi connectivity index (χ1) is 11.4. The van der Waals surface area contributed by atoms with Crippen molar-refractivity contribution in [2.24, 2.45) is 0 Å². The molecular weight excluding hydrogens is 286 g/mol. The highest BCUT2D eigenvalue weighted by molar-refractivity contribution is 6.02. The number of hydrogen-bond donors (Lipinski definition) is 2. The Bertz CT molecular complexity index is 961. The molecular formula is C19H15N3O. The highest BCUT2D eigenvalue weighted by Crippen LogP contribution is 2.33. The third-order valence-electron chi connectivity index (χ3n) is 3.91. The highest BCUT2D eigenvalue weighted by Gasteiger charge is 2.14. The maximum Gasteiger partial charge on any atom is 0.102 e. The summed E-state index contributed by atoms with van der Waals surface area (Å²) < 4.78 is 0. The third-order valence-corrected chi connectivity index (χ3v) is 3.91. The maximum absolute atomic E-state index is 9.38. The Morgan fingerprint density at radius 2 is 1.70 bits per heavy atom. The van der Waals surface area contributed by atoms with Gasteiger partial charge < -0.3 is 5.11 Å². The molecule has 0 bridgehead atoms. The lowest BCUT2D eigenvalue weighted by molar-refractivity contribution is 0.282. The number of hydrogen-bond acceptors (Lipinski definition) is 3. The van der Waals surface area contributed by atoms with Gasteiger partial charge in [-0.25, -0.2) is 0 Å². The summed E-state index contributed by atoms with van der Waals surface area (Å²) in [6.07, 6.45) is 1.77. The van der Waals surface area contributed by atoms with Gasteiger partial charge in [0.1, 0.15) is 5.69 Å². The van der Waals surface area contributed by atoms with Crippen molar-refractivity contribution in [2.75, 3.05) is 0 Å². The number of H-pyrrole nitrogens is 1. The first kappa shape index (κ1) is 13.7. The molecule has 0 saturated heterocycles. The first-order valence-corrected chi connectivity index (χ1v) is 7.45. The molecule has 0 unspecified atom stereocenters. The second-order valence-corrected chi connectivity index (χ2v) is 5.38. The van der Waals surface area contributed by atoms with Crippen LogP contribution in [-0.4, -0.2) is 20.3 Å². The normalized spacial score (nSPS) is 11.0. The molecule has 2 aromatic carbocycles. The molecule has 0 aliphatic rings. The summed E-state index contributed by atoms with van der Waals surface area (Å²) >= 11 is 0. The van der Waals surface area contributed by atoms with Gasteiger partial charge in [0.25, 0.3) is 0 Å². The standard InChI is InChI=1S/C19H15N3O/c23-12-13-5-4-8-15(11-13)18-17-16(9-10-20-18)21-22-19(17)14-6-2-1-3-7-14/h1-11,23H,12H2,(H,21,22). The van der Waals surface area contributed by atoms with Gasteiger partial charge in [-0.15, -0.1) is 0 Å². The van der Waals surface area contributed by atoms with Gasteiger partial charge in [-0.2, -0.15) is 5.10 Å². The van der Waals surface area contributed by atoms with Crippen molar-refractivity contribution in [1.82, 2.24) is 15.2 Å². The number of fused-ring (bicyclic) bond motifs is 1. The van der Waals surface area contributed by atoms with E-state index in [2.05, 4.69) is 15.2 Å². The van der Waals surface area contributed by atoms with Gasteiger partial charge in [-0.1, -0.05) is 48.5 Å². The van der Waals surface area contributed by atoms with Gasteiger partial charge in [0.15, 0.2) is 0 Å². The van der Waals surface area contributed by atoms with Crippen molar-refractivity contribution in [3.8, 4) is 22.5 Å². The minimum atomic E-state index is 0.0146. The largest absolute Gasteiger partial charge is 0.392 e. The quantitative estimate of drug-likeness (QED) is 0.605. The van der Waals surface area contributed by atoms with Crippen LogP contribution in [0.1, 0.15) is 5.56 Å². The average molecular weight is 301 g/mol. The van der Waals surface area contributed by atoms with Gasteiger partial charge in [0, 0.05) is 17.3 Å². The predicted molar refractivity (Wildman–Crippen MR) is 90.7 cm³/mol. The first-order valence-electron chi connectivity index (χ1n) is 7.45. The Morgan fingerprint density at radius 1 is 0.870 bits per heavy atom.